The average Bonchev–Trinajstić information content (AvgIpc) is 2.60. The molecule has 0 heterocycles. The van der Waals surface area contributed by atoms with Crippen LogP contribution in [0.15, 0.2) is 23.3 Å². The van der Waals surface area contributed by atoms with Crippen LogP contribution in [0.5, 0.6) is 11.5 Å². The molecule has 5 nitrogen and oxygen atoms in total. The summed E-state index contributed by atoms with van der Waals surface area (Å²) in [6.07, 6.45) is 10.4. The van der Waals surface area contributed by atoms with Gasteiger partial charge >= 0.3 is 0 Å². The molecule has 1 aromatic rings. The smallest absolute Gasteiger partial charge is 0.240 e. The van der Waals surface area contributed by atoms with Gasteiger partial charge in [-0.1, -0.05) is 51.5 Å². The van der Waals surface area contributed by atoms with Gasteiger partial charge in [0.05, 0.1) is 20.4 Å². The maximum atomic E-state index is 11.8. The first-order valence-corrected chi connectivity index (χ1v) is 8.75. The van der Waals surface area contributed by atoms with E-state index in [9.17, 15) is 4.79 Å². The molecule has 0 atom stereocenters. The Morgan fingerprint density at radius 2 is 1.79 bits per heavy atom. The van der Waals surface area contributed by atoms with E-state index in [1.165, 1.54) is 32.1 Å². The molecule has 0 aliphatic heterocycles. The van der Waals surface area contributed by atoms with Crippen LogP contribution in [0.4, 0.5) is 0 Å². The summed E-state index contributed by atoms with van der Waals surface area (Å²) in [7, 11) is 3.16. The minimum absolute atomic E-state index is 0.0540. The van der Waals surface area contributed by atoms with E-state index in [4.69, 9.17) is 9.47 Å². The molecule has 1 aromatic carbocycles. The number of unbranched alkanes of at least 4 members (excludes halogenated alkanes) is 6. The fraction of sp³-hybridized carbons (Fsp3) is 0.579. The summed E-state index contributed by atoms with van der Waals surface area (Å²) in [5, 5.41) is 4.00. The SMILES string of the molecule is CCCCCCCCCC(=O)NN=Cc1cccc(OC)c1OC. The maximum absolute atomic E-state index is 11.8. The molecule has 0 spiro atoms. The minimum Gasteiger partial charge on any atom is -0.493 e. The van der Waals surface area contributed by atoms with Crippen LogP contribution < -0.4 is 14.9 Å². The number of carbonyl (C=O) groups excluding carboxylic acids is 1. The van der Waals surface area contributed by atoms with Crippen LogP contribution in [0.2, 0.25) is 0 Å². The molecule has 0 aromatic heterocycles. The largest absolute Gasteiger partial charge is 0.493 e. The summed E-state index contributed by atoms with van der Waals surface area (Å²) in [5.41, 5.74) is 3.32. The third-order valence-electron chi connectivity index (χ3n) is 3.83. The molecule has 1 rings (SSSR count). The van der Waals surface area contributed by atoms with Crippen LogP contribution in [-0.2, 0) is 4.79 Å². The molecule has 0 bridgehead atoms. The Balaban J connectivity index is 2.30. The normalized spacial score (nSPS) is 10.8. The molecule has 0 aliphatic carbocycles. The highest BCUT2D eigenvalue weighted by Gasteiger charge is 2.07. The molecule has 0 aliphatic rings. The van der Waals surface area contributed by atoms with Gasteiger partial charge in [-0.25, -0.2) is 5.43 Å². The molecule has 24 heavy (non-hydrogen) atoms. The summed E-state index contributed by atoms with van der Waals surface area (Å²) in [4.78, 5) is 11.8. The number of carbonyl (C=O) groups is 1. The fourth-order valence-corrected chi connectivity index (χ4v) is 2.49. The van der Waals surface area contributed by atoms with Gasteiger partial charge in [-0.3, -0.25) is 4.79 Å². The molecule has 0 saturated heterocycles. The van der Waals surface area contributed by atoms with Crippen molar-refractivity contribution in [2.24, 2.45) is 5.10 Å². The zero-order valence-electron chi connectivity index (χ0n) is 15.1. The highest BCUT2D eigenvalue weighted by atomic mass is 16.5. The van der Waals surface area contributed by atoms with Gasteiger partial charge < -0.3 is 9.47 Å². The summed E-state index contributed by atoms with van der Waals surface area (Å²) in [6.45, 7) is 2.21. The van der Waals surface area contributed by atoms with E-state index in [1.54, 1.807) is 20.4 Å². The Hall–Kier alpha value is -2.04. The lowest BCUT2D eigenvalue weighted by molar-refractivity contribution is -0.121. The van der Waals surface area contributed by atoms with Crippen molar-refractivity contribution in [1.82, 2.24) is 5.43 Å². The predicted octanol–water partition coefficient (Wildman–Crippen LogP) is 4.29. The number of hydrazone groups is 1. The van der Waals surface area contributed by atoms with Gasteiger partial charge in [0.15, 0.2) is 11.5 Å². The number of methoxy groups -OCH3 is 2. The lowest BCUT2D eigenvalue weighted by Crippen LogP contribution is -2.17. The van der Waals surface area contributed by atoms with E-state index in [0.29, 0.717) is 17.9 Å². The molecule has 134 valence electrons. The van der Waals surface area contributed by atoms with E-state index in [0.717, 1.165) is 18.4 Å². The number of benzene rings is 1. The van der Waals surface area contributed by atoms with Crippen LogP contribution in [-0.4, -0.2) is 26.3 Å². The summed E-state index contributed by atoms with van der Waals surface area (Å²) < 4.78 is 10.5. The van der Waals surface area contributed by atoms with Gasteiger partial charge in [-0.05, 0) is 18.6 Å². The highest BCUT2D eigenvalue weighted by Crippen LogP contribution is 2.29. The molecule has 5 heteroatoms. The number of amides is 1. The van der Waals surface area contributed by atoms with Crippen LogP contribution in [0, 0.1) is 0 Å². The van der Waals surface area contributed by atoms with Crippen molar-refractivity contribution in [3.8, 4) is 11.5 Å². The Morgan fingerprint density at radius 3 is 2.46 bits per heavy atom. The second-order valence-corrected chi connectivity index (χ2v) is 5.75. The average molecular weight is 334 g/mol. The molecular formula is C19H30N2O3. The topological polar surface area (TPSA) is 59.9 Å². The first-order chi connectivity index (χ1) is 11.7. The van der Waals surface area contributed by atoms with Gasteiger partial charge in [0.2, 0.25) is 5.91 Å². The van der Waals surface area contributed by atoms with E-state index >= 15 is 0 Å². The van der Waals surface area contributed by atoms with Crippen molar-refractivity contribution in [3.63, 3.8) is 0 Å². The highest BCUT2D eigenvalue weighted by molar-refractivity contribution is 5.86. The van der Waals surface area contributed by atoms with Gasteiger partial charge in [0, 0.05) is 12.0 Å². The van der Waals surface area contributed by atoms with Gasteiger partial charge in [0.25, 0.3) is 0 Å². The van der Waals surface area contributed by atoms with E-state index in [2.05, 4.69) is 17.5 Å². The molecule has 0 unspecified atom stereocenters. The Morgan fingerprint density at radius 1 is 1.08 bits per heavy atom. The van der Waals surface area contributed by atoms with Crippen molar-refractivity contribution >= 4 is 12.1 Å². The molecule has 1 N–H and O–H groups in total. The zero-order chi connectivity index (χ0) is 17.6. The minimum atomic E-state index is -0.0540. The molecule has 0 radical (unpaired) electrons. The first kappa shape index (κ1) is 20.0. The number of nitrogens with zero attached hydrogens (tertiary/aromatic N) is 1. The van der Waals surface area contributed by atoms with Crippen molar-refractivity contribution in [2.45, 2.75) is 58.3 Å². The van der Waals surface area contributed by atoms with E-state index in [1.807, 2.05) is 18.2 Å². The van der Waals surface area contributed by atoms with Crippen molar-refractivity contribution in [3.05, 3.63) is 23.8 Å². The third kappa shape index (κ3) is 7.49. The second-order valence-electron chi connectivity index (χ2n) is 5.75. The Labute approximate surface area is 145 Å². The summed E-state index contributed by atoms with van der Waals surface area (Å²) in [5.74, 6) is 1.18. The van der Waals surface area contributed by atoms with E-state index in [-0.39, 0.29) is 5.91 Å². The predicted molar refractivity (Wildman–Crippen MR) is 97.9 cm³/mol. The summed E-state index contributed by atoms with van der Waals surface area (Å²) >= 11 is 0. The van der Waals surface area contributed by atoms with Gasteiger partial charge in [0.1, 0.15) is 0 Å². The lowest BCUT2D eigenvalue weighted by Gasteiger charge is -2.09. The summed E-state index contributed by atoms with van der Waals surface area (Å²) in [6, 6.07) is 5.52. The quantitative estimate of drug-likeness (QED) is 0.352. The molecule has 1 amide bonds. The van der Waals surface area contributed by atoms with Crippen molar-refractivity contribution in [2.75, 3.05) is 14.2 Å². The number of hydrogen-bond acceptors (Lipinski definition) is 4. The third-order valence-corrected chi connectivity index (χ3v) is 3.83. The zero-order valence-corrected chi connectivity index (χ0v) is 15.1. The van der Waals surface area contributed by atoms with Gasteiger partial charge in [-0.2, -0.15) is 5.10 Å². The lowest BCUT2D eigenvalue weighted by atomic mass is 10.1. The Bertz CT molecular complexity index is 515. The number of nitrogens with one attached hydrogen (secondary N) is 1. The standard InChI is InChI=1S/C19H30N2O3/c1-4-5-6-7-8-9-10-14-18(22)21-20-15-16-12-11-13-17(23-2)19(16)24-3/h11-13,15H,4-10,14H2,1-3H3,(H,21,22). The van der Waals surface area contributed by atoms with Crippen LogP contribution >= 0.6 is 0 Å². The van der Waals surface area contributed by atoms with Crippen LogP contribution in [0.25, 0.3) is 0 Å². The number of rotatable bonds is 12. The number of ether oxygens (including phenoxy) is 2. The van der Waals surface area contributed by atoms with Crippen LogP contribution in [0.3, 0.4) is 0 Å². The van der Waals surface area contributed by atoms with Crippen molar-refractivity contribution in [1.29, 1.82) is 0 Å². The monoisotopic (exact) mass is 334 g/mol. The van der Waals surface area contributed by atoms with Gasteiger partial charge in [-0.15, -0.1) is 0 Å². The molecular weight excluding hydrogens is 304 g/mol. The van der Waals surface area contributed by atoms with E-state index < -0.39 is 0 Å². The maximum Gasteiger partial charge on any atom is 0.240 e. The molecule has 0 fully saturated rings. The Kier molecular flexibility index (Phi) is 10.3. The molecule has 0 saturated carbocycles. The first-order valence-electron chi connectivity index (χ1n) is 8.75. The number of hydrogen-bond donors (Lipinski definition) is 1. The fourth-order valence-electron chi connectivity index (χ4n) is 2.49. The van der Waals surface area contributed by atoms with Crippen LogP contribution in [0.1, 0.15) is 63.9 Å². The number of para-hydroxylation sites is 1. The van der Waals surface area contributed by atoms with Crippen molar-refractivity contribution < 1.29 is 14.3 Å². The second kappa shape index (κ2) is 12.4.